The van der Waals surface area contributed by atoms with E-state index in [4.69, 9.17) is 0 Å². The third kappa shape index (κ3) is 3.34. The van der Waals surface area contributed by atoms with Gasteiger partial charge in [-0.3, -0.25) is 14.5 Å². The molecule has 29 heavy (non-hydrogen) atoms. The molecule has 3 aromatic rings. The van der Waals surface area contributed by atoms with Gasteiger partial charge in [-0.1, -0.05) is 72.3 Å². The van der Waals surface area contributed by atoms with Crippen LogP contribution in [-0.2, 0) is 9.59 Å². The van der Waals surface area contributed by atoms with Crippen molar-refractivity contribution in [3.05, 3.63) is 107 Å². The topological polar surface area (TPSA) is 57.6 Å². The first-order chi connectivity index (χ1) is 14.0. The molecule has 3 aromatic carbocycles. The van der Waals surface area contributed by atoms with E-state index in [1.54, 1.807) is 18.2 Å². The number of aliphatic hydroxyl groups is 1. The molecule has 1 fully saturated rings. The Bertz CT molecular complexity index is 1110. The molecule has 1 N–H and O–H groups in total. The number of rotatable bonds is 3. The molecule has 1 aliphatic rings. The maximum absolute atomic E-state index is 13.0. The molecular weight excluding hydrogens is 362 g/mol. The molecule has 1 amide bonds. The third-order valence-electron chi connectivity index (χ3n) is 5.16. The van der Waals surface area contributed by atoms with Crippen LogP contribution in [0.5, 0.6) is 0 Å². The standard InChI is InChI=1S/C25H21NO3/c1-16-11-13-19(14-12-16)23(27)21-22(18-8-4-3-5-9-18)26(25(29)24(21)28)20-10-6-7-17(2)15-20/h3-15,22,27H,1-2H3/b23-21+. The fourth-order valence-electron chi connectivity index (χ4n) is 3.69. The van der Waals surface area contributed by atoms with Gasteiger partial charge in [-0.2, -0.15) is 0 Å². The van der Waals surface area contributed by atoms with Gasteiger partial charge < -0.3 is 5.11 Å². The number of amides is 1. The van der Waals surface area contributed by atoms with Gasteiger partial charge in [0.05, 0.1) is 11.6 Å². The molecule has 1 aliphatic heterocycles. The lowest BCUT2D eigenvalue weighted by Crippen LogP contribution is -2.29. The number of carbonyl (C=O) groups excluding carboxylic acids is 2. The van der Waals surface area contributed by atoms with Gasteiger partial charge >= 0.3 is 0 Å². The summed E-state index contributed by atoms with van der Waals surface area (Å²) in [6, 6.07) is 23.3. The Hall–Kier alpha value is -3.66. The lowest BCUT2D eigenvalue weighted by Gasteiger charge is -2.25. The van der Waals surface area contributed by atoms with Crippen LogP contribution in [0.25, 0.3) is 5.76 Å². The first-order valence-corrected chi connectivity index (χ1v) is 9.47. The van der Waals surface area contributed by atoms with E-state index in [1.807, 2.05) is 74.5 Å². The molecule has 4 nitrogen and oxygen atoms in total. The van der Waals surface area contributed by atoms with Gasteiger partial charge in [0.15, 0.2) is 0 Å². The quantitative estimate of drug-likeness (QED) is 0.396. The highest BCUT2D eigenvalue weighted by Gasteiger charge is 2.46. The number of carbonyl (C=O) groups is 2. The van der Waals surface area contributed by atoms with Crippen LogP contribution in [0.3, 0.4) is 0 Å². The zero-order chi connectivity index (χ0) is 20.5. The molecular formula is C25H21NO3. The van der Waals surface area contributed by atoms with Crippen molar-refractivity contribution in [3.63, 3.8) is 0 Å². The highest BCUT2D eigenvalue weighted by molar-refractivity contribution is 6.51. The summed E-state index contributed by atoms with van der Waals surface area (Å²) < 4.78 is 0. The normalized spacial score (nSPS) is 18.3. The van der Waals surface area contributed by atoms with Crippen LogP contribution in [0, 0.1) is 13.8 Å². The number of nitrogens with zero attached hydrogens (tertiary/aromatic N) is 1. The van der Waals surface area contributed by atoms with Crippen molar-refractivity contribution in [1.29, 1.82) is 0 Å². The molecule has 1 unspecified atom stereocenters. The van der Waals surface area contributed by atoms with Gasteiger partial charge in [-0.05, 0) is 37.1 Å². The van der Waals surface area contributed by atoms with Crippen LogP contribution in [0.1, 0.15) is 28.3 Å². The number of ketones is 1. The van der Waals surface area contributed by atoms with Crippen molar-refractivity contribution in [1.82, 2.24) is 0 Å². The number of aryl methyl sites for hydroxylation is 2. The molecule has 0 aliphatic carbocycles. The highest BCUT2D eigenvalue weighted by atomic mass is 16.3. The molecule has 1 heterocycles. The third-order valence-corrected chi connectivity index (χ3v) is 5.16. The van der Waals surface area contributed by atoms with E-state index in [0.717, 1.165) is 16.7 Å². The minimum absolute atomic E-state index is 0.103. The van der Waals surface area contributed by atoms with E-state index in [9.17, 15) is 14.7 Å². The number of aliphatic hydroxyl groups excluding tert-OH is 1. The first kappa shape index (κ1) is 18.7. The number of anilines is 1. The van der Waals surface area contributed by atoms with Crippen molar-refractivity contribution in [2.24, 2.45) is 0 Å². The van der Waals surface area contributed by atoms with E-state index in [-0.39, 0.29) is 11.3 Å². The van der Waals surface area contributed by atoms with Crippen LogP contribution in [0.4, 0.5) is 5.69 Å². The monoisotopic (exact) mass is 383 g/mol. The van der Waals surface area contributed by atoms with Crippen LogP contribution in [-0.4, -0.2) is 16.8 Å². The Labute approximate surface area is 169 Å². The summed E-state index contributed by atoms with van der Waals surface area (Å²) in [6.07, 6.45) is 0. The predicted molar refractivity (Wildman–Crippen MR) is 114 cm³/mol. The lowest BCUT2D eigenvalue weighted by molar-refractivity contribution is -0.132. The zero-order valence-electron chi connectivity index (χ0n) is 16.3. The minimum atomic E-state index is -0.695. The van der Waals surface area contributed by atoms with E-state index < -0.39 is 17.7 Å². The predicted octanol–water partition coefficient (Wildman–Crippen LogP) is 4.93. The Kier molecular flexibility index (Phi) is 4.77. The Morgan fingerprint density at radius 1 is 0.828 bits per heavy atom. The van der Waals surface area contributed by atoms with Gasteiger partial charge in [0.2, 0.25) is 0 Å². The summed E-state index contributed by atoms with van der Waals surface area (Å²) >= 11 is 0. The van der Waals surface area contributed by atoms with Crippen LogP contribution in [0.15, 0.2) is 84.4 Å². The average molecular weight is 383 g/mol. The number of hydrogen-bond acceptors (Lipinski definition) is 3. The van der Waals surface area contributed by atoms with E-state index in [1.165, 1.54) is 4.90 Å². The molecule has 0 aromatic heterocycles. The van der Waals surface area contributed by atoms with Crippen molar-refractivity contribution in [2.45, 2.75) is 19.9 Å². The number of benzene rings is 3. The SMILES string of the molecule is Cc1ccc(/C(O)=C2\C(=O)C(=O)N(c3cccc(C)c3)C2c2ccccc2)cc1. The maximum atomic E-state index is 13.0. The van der Waals surface area contributed by atoms with E-state index >= 15 is 0 Å². The van der Waals surface area contributed by atoms with Crippen molar-refractivity contribution in [2.75, 3.05) is 4.90 Å². The molecule has 0 bridgehead atoms. The van der Waals surface area contributed by atoms with Crippen LogP contribution < -0.4 is 4.90 Å². The van der Waals surface area contributed by atoms with E-state index in [0.29, 0.717) is 11.3 Å². The summed E-state index contributed by atoms with van der Waals surface area (Å²) in [5, 5.41) is 11.0. The fourth-order valence-corrected chi connectivity index (χ4v) is 3.69. The zero-order valence-corrected chi connectivity index (χ0v) is 16.3. The number of hydrogen-bond donors (Lipinski definition) is 1. The molecule has 1 atom stereocenters. The largest absolute Gasteiger partial charge is 0.507 e. The van der Waals surface area contributed by atoms with Gasteiger partial charge in [-0.15, -0.1) is 0 Å². The molecule has 0 radical (unpaired) electrons. The van der Waals surface area contributed by atoms with Crippen molar-refractivity contribution in [3.8, 4) is 0 Å². The molecule has 0 saturated carbocycles. The fraction of sp³-hybridized carbons (Fsp3) is 0.120. The summed E-state index contributed by atoms with van der Waals surface area (Å²) in [4.78, 5) is 27.5. The maximum Gasteiger partial charge on any atom is 0.300 e. The molecule has 4 rings (SSSR count). The van der Waals surface area contributed by atoms with Crippen molar-refractivity contribution < 1.29 is 14.7 Å². The lowest BCUT2D eigenvalue weighted by atomic mass is 9.95. The Morgan fingerprint density at radius 2 is 1.52 bits per heavy atom. The van der Waals surface area contributed by atoms with E-state index in [2.05, 4.69) is 0 Å². The highest BCUT2D eigenvalue weighted by Crippen LogP contribution is 2.42. The summed E-state index contributed by atoms with van der Waals surface area (Å²) in [5.74, 6) is -1.48. The molecule has 1 saturated heterocycles. The second kappa shape index (κ2) is 7.40. The second-order valence-corrected chi connectivity index (χ2v) is 7.28. The first-order valence-electron chi connectivity index (χ1n) is 9.47. The van der Waals surface area contributed by atoms with Crippen molar-refractivity contribution >= 4 is 23.1 Å². The molecule has 4 heteroatoms. The average Bonchev–Trinajstić information content (AvgIpc) is 2.99. The van der Waals surface area contributed by atoms with Gasteiger partial charge in [0.1, 0.15) is 5.76 Å². The minimum Gasteiger partial charge on any atom is -0.507 e. The van der Waals surface area contributed by atoms with Crippen LogP contribution >= 0.6 is 0 Å². The Balaban J connectivity index is 1.94. The molecule has 0 spiro atoms. The smallest absolute Gasteiger partial charge is 0.300 e. The van der Waals surface area contributed by atoms with Gasteiger partial charge in [0, 0.05) is 11.3 Å². The summed E-state index contributed by atoms with van der Waals surface area (Å²) in [5.41, 5.74) is 4.03. The summed E-state index contributed by atoms with van der Waals surface area (Å²) in [6.45, 7) is 3.88. The second-order valence-electron chi connectivity index (χ2n) is 7.28. The van der Waals surface area contributed by atoms with Gasteiger partial charge in [0.25, 0.3) is 11.7 Å². The van der Waals surface area contributed by atoms with Gasteiger partial charge in [-0.25, -0.2) is 0 Å². The Morgan fingerprint density at radius 3 is 2.17 bits per heavy atom. The number of Topliss-reactive ketones (excluding diaryl/α,β-unsaturated/α-hetero) is 1. The summed E-state index contributed by atoms with van der Waals surface area (Å²) in [7, 11) is 0. The molecule has 144 valence electrons. The van der Waals surface area contributed by atoms with Crippen LogP contribution in [0.2, 0.25) is 0 Å².